The minimum Gasteiger partial charge on any atom is -0.393 e. The number of hydrogen-bond acceptors (Lipinski definition) is 5. The van der Waals surface area contributed by atoms with Crippen LogP contribution in [0.15, 0.2) is 17.6 Å². The van der Waals surface area contributed by atoms with Gasteiger partial charge in [-0.25, -0.2) is 4.98 Å². The van der Waals surface area contributed by atoms with Crippen LogP contribution in [0.25, 0.3) is 10.2 Å². The van der Waals surface area contributed by atoms with Crippen LogP contribution in [-0.4, -0.2) is 9.91 Å². The highest BCUT2D eigenvalue weighted by Gasteiger charge is 2.17. The molecule has 5 nitrogen and oxygen atoms in total. The lowest BCUT2D eigenvalue weighted by atomic mass is 10.2. The van der Waals surface area contributed by atoms with E-state index in [1.807, 2.05) is 0 Å². The maximum atomic E-state index is 10.6. The molecule has 1 heterocycles. The van der Waals surface area contributed by atoms with E-state index in [0.717, 1.165) is 4.70 Å². The summed E-state index contributed by atoms with van der Waals surface area (Å²) < 4.78 is 0.779. The van der Waals surface area contributed by atoms with Crippen molar-refractivity contribution in [2.45, 2.75) is 0 Å². The molecule has 0 saturated heterocycles. The zero-order valence-corrected chi connectivity index (χ0v) is 8.47. The Hall–Kier alpha value is -1.40. The highest BCUT2D eigenvalue weighted by atomic mass is 35.5. The van der Waals surface area contributed by atoms with Crippen LogP contribution in [0.4, 0.5) is 11.4 Å². The van der Waals surface area contributed by atoms with Gasteiger partial charge in [0.05, 0.1) is 15.1 Å². The molecule has 0 saturated carbocycles. The molecule has 2 aromatic rings. The number of rotatable bonds is 1. The smallest absolute Gasteiger partial charge is 0.318 e. The van der Waals surface area contributed by atoms with Gasteiger partial charge in [-0.3, -0.25) is 10.1 Å². The zero-order valence-electron chi connectivity index (χ0n) is 6.84. The minimum absolute atomic E-state index is 0. The second-order valence-corrected chi connectivity index (χ2v) is 3.35. The number of nitrogens with two attached hydrogens (primary N) is 1. The topological polar surface area (TPSA) is 82.0 Å². The van der Waals surface area contributed by atoms with Crippen LogP contribution in [0.2, 0.25) is 0 Å². The Morgan fingerprint density at radius 3 is 2.86 bits per heavy atom. The van der Waals surface area contributed by atoms with Gasteiger partial charge in [-0.1, -0.05) is 0 Å². The van der Waals surface area contributed by atoms with E-state index in [9.17, 15) is 10.1 Å². The lowest BCUT2D eigenvalue weighted by molar-refractivity contribution is -0.382. The van der Waals surface area contributed by atoms with Gasteiger partial charge in [0, 0.05) is 0 Å². The second-order valence-electron chi connectivity index (χ2n) is 2.46. The number of fused-ring (bicyclic) bond motifs is 1. The molecule has 0 aliphatic heterocycles. The van der Waals surface area contributed by atoms with E-state index in [0.29, 0.717) is 5.52 Å². The number of benzene rings is 1. The molecule has 0 unspecified atom stereocenters. The molecular weight excluding hydrogens is 226 g/mol. The summed E-state index contributed by atoms with van der Waals surface area (Å²) in [5.41, 5.74) is 7.46. The molecule has 0 atom stereocenters. The summed E-state index contributed by atoms with van der Waals surface area (Å²) in [4.78, 5) is 14.0. The van der Waals surface area contributed by atoms with E-state index in [1.165, 1.54) is 17.4 Å². The average Bonchev–Trinajstić information content (AvgIpc) is 2.50. The van der Waals surface area contributed by atoms with E-state index >= 15 is 0 Å². The number of aromatic nitrogens is 1. The molecule has 7 heteroatoms. The van der Waals surface area contributed by atoms with Crippen molar-refractivity contribution in [1.29, 1.82) is 0 Å². The van der Waals surface area contributed by atoms with E-state index in [1.54, 1.807) is 11.6 Å². The number of nitrogens with zero attached hydrogens (tertiary/aromatic N) is 2. The average molecular weight is 232 g/mol. The van der Waals surface area contributed by atoms with Crippen LogP contribution in [0.5, 0.6) is 0 Å². The maximum absolute atomic E-state index is 10.6. The number of nitrogen functional groups attached to an aromatic ring is 1. The molecule has 0 bridgehead atoms. The number of anilines is 1. The van der Waals surface area contributed by atoms with Gasteiger partial charge in [0.25, 0.3) is 0 Å². The third-order valence-corrected chi connectivity index (χ3v) is 2.48. The van der Waals surface area contributed by atoms with Gasteiger partial charge in [-0.15, -0.1) is 23.7 Å². The summed E-state index contributed by atoms with van der Waals surface area (Å²) in [5.74, 6) is 0. The first-order chi connectivity index (χ1) is 6.20. The van der Waals surface area contributed by atoms with E-state index < -0.39 is 4.92 Å². The number of nitro benzene ring substituents is 1. The predicted molar refractivity (Wildman–Crippen MR) is 57.9 cm³/mol. The van der Waals surface area contributed by atoms with Gasteiger partial charge in [0.1, 0.15) is 5.69 Å². The Morgan fingerprint density at radius 1 is 1.50 bits per heavy atom. The zero-order chi connectivity index (χ0) is 9.42. The Morgan fingerprint density at radius 2 is 2.21 bits per heavy atom. The summed E-state index contributed by atoms with van der Waals surface area (Å²) in [7, 11) is 0. The van der Waals surface area contributed by atoms with E-state index in [4.69, 9.17) is 5.73 Å². The second kappa shape index (κ2) is 3.77. The number of hydrogen-bond donors (Lipinski definition) is 1. The molecule has 0 amide bonds. The fourth-order valence-electron chi connectivity index (χ4n) is 1.12. The maximum Gasteiger partial charge on any atom is 0.318 e. The molecule has 2 rings (SSSR count). The van der Waals surface area contributed by atoms with Crippen LogP contribution in [0.3, 0.4) is 0 Å². The molecule has 2 N–H and O–H groups in total. The largest absolute Gasteiger partial charge is 0.393 e. The summed E-state index contributed by atoms with van der Waals surface area (Å²) >= 11 is 1.36. The minimum atomic E-state index is -0.503. The molecule has 0 radical (unpaired) electrons. The van der Waals surface area contributed by atoms with Gasteiger partial charge in [-0.05, 0) is 12.1 Å². The van der Waals surface area contributed by atoms with Crippen LogP contribution in [-0.2, 0) is 0 Å². The Bertz CT molecular complexity index is 485. The Labute approximate surface area is 89.1 Å². The normalized spacial score (nSPS) is 9.71. The molecule has 74 valence electrons. The quantitative estimate of drug-likeness (QED) is 0.463. The first-order valence-corrected chi connectivity index (χ1v) is 4.34. The van der Waals surface area contributed by atoms with Crippen molar-refractivity contribution in [3.63, 3.8) is 0 Å². The highest BCUT2D eigenvalue weighted by Crippen LogP contribution is 2.31. The van der Waals surface area contributed by atoms with Crippen molar-refractivity contribution >= 4 is 45.3 Å². The monoisotopic (exact) mass is 231 g/mol. The molecular formula is C7H6ClN3O2S. The summed E-state index contributed by atoms with van der Waals surface area (Å²) in [6, 6.07) is 3.26. The fraction of sp³-hybridized carbons (Fsp3) is 0. The highest BCUT2D eigenvalue weighted by molar-refractivity contribution is 7.16. The van der Waals surface area contributed by atoms with Crippen LogP contribution in [0, 0.1) is 10.1 Å². The standard InChI is InChI=1S/C7H5N3O2S.ClH/c8-4-1-2-5-6(9-3-13-5)7(4)10(11)12;/h1-3H,8H2;1H. The van der Waals surface area contributed by atoms with Crippen molar-refractivity contribution in [3.05, 3.63) is 27.8 Å². The van der Waals surface area contributed by atoms with Gasteiger partial charge in [0.2, 0.25) is 0 Å². The Balaban J connectivity index is 0.000000980. The van der Waals surface area contributed by atoms with Crippen LogP contribution < -0.4 is 5.73 Å². The molecule has 14 heavy (non-hydrogen) atoms. The third kappa shape index (κ3) is 1.49. The van der Waals surface area contributed by atoms with E-state index in [2.05, 4.69) is 4.98 Å². The summed E-state index contributed by atoms with van der Waals surface area (Å²) in [5, 5.41) is 10.6. The van der Waals surface area contributed by atoms with Crippen molar-refractivity contribution in [3.8, 4) is 0 Å². The molecule has 1 aromatic carbocycles. The van der Waals surface area contributed by atoms with Crippen LogP contribution in [0.1, 0.15) is 0 Å². The van der Waals surface area contributed by atoms with Gasteiger partial charge < -0.3 is 5.73 Å². The van der Waals surface area contributed by atoms with Crippen LogP contribution >= 0.6 is 23.7 Å². The first kappa shape index (κ1) is 10.7. The number of nitro groups is 1. The molecule has 0 spiro atoms. The molecule has 0 aliphatic rings. The molecule has 0 fully saturated rings. The van der Waals surface area contributed by atoms with Gasteiger partial charge in [0.15, 0.2) is 5.52 Å². The number of halogens is 1. The summed E-state index contributed by atoms with van der Waals surface area (Å²) in [6.07, 6.45) is 0. The lowest BCUT2D eigenvalue weighted by Crippen LogP contribution is -1.95. The Kier molecular flexibility index (Phi) is 2.87. The summed E-state index contributed by atoms with van der Waals surface area (Å²) in [6.45, 7) is 0. The lowest BCUT2D eigenvalue weighted by Gasteiger charge is -1.96. The van der Waals surface area contributed by atoms with Crippen molar-refractivity contribution in [2.24, 2.45) is 0 Å². The fourth-order valence-corrected chi connectivity index (χ4v) is 1.80. The van der Waals surface area contributed by atoms with Crippen molar-refractivity contribution in [2.75, 3.05) is 5.73 Å². The third-order valence-electron chi connectivity index (χ3n) is 1.69. The predicted octanol–water partition coefficient (Wildman–Crippen LogP) is 2.21. The van der Waals surface area contributed by atoms with Crippen molar-refractivity contribution in [1.82, 2.24) is 4.98 Å². The van der Waals surface area contributed by atoms with Crippen molar-refractivity contribution < 1.29 is 4.92 Å². The number of thiazole rings is 1. The molecule has 1 aromatic heterocycles. The van der Waals surface area contributed by atoms with Gasteiger partial charge in [-0.2, -0.15) is 0 Å². The molecule has 0 aliphatic carbocycles. The SMILES string of the molecule is Cl.Nc1ccc2scnc2c1[N+](=O)[O-]. The van der Waals surface area contributed by atoms with E-state index in [-0.39, 0.29) is 23.8 Å². The van der Waals surface area contributed by atoms with Gasteiger partial charge >= 0.3 is 5.69 Å². The first-order valence-electron chi connectivity index (χ1n) is 3.46.